The third-order valence-corrected chi connectivity index (χ3v) is 2.66. The summed E-state index contributed by atoms with van der Waals surface area (Å²) in [6.07, 6.45) is 3.94. The molecule has 2 nitrogen and oxygen atoms in total. The fourth-order valence-electron chi connectivity index (χ4n) is 0.902. The normalized spacial score (nSPS) is 10.3. The highest BCUT2D eigenvalue weighted by Gasteiger charge is 1.93. The van der Waals surface area contributed by atoms with Crippen molar-refractivity contribution in [3.8, 4) is 0 Å². The standard InChI is InChI=1S/C9H13BrN2S/c1-13-5-4-11-7-9-3-2-8(10)6-12-9/h2-3,6,11H,4-5,7H2,1H3. The van der Waals surface area contributed by atoms with E-state index in [-0.39, 0.29) is 0 Å². The molecule has 0 fully saturated rings. The van der Waals surface area contributed by atoms with Crippen molar-refractivity contribution in [3.63, 3.8) is 0 Å². The van der Waals surface area contributed by atoms with Crippen molar-refractivity contribution in [1.82, 2.24) is 10.3 Å². The van der Waals surface area contributed by atoms with Crippen LogP contribution in [0.3, 0.4) is 0 Å². The van der Waals surface area contributed by atoms with Crippen molar-refractivity contribution in [3.05, 3.63) is 28.5 Å². The molecule has 0 bridgehead atoms. The molecule has 1 heterocycles. The van der Waals surface area contributed by atoms with Gasteiger partial charge in [0.25, 0.3) is 0 Å². The van der Waals surface area contributed by atoms with E-state index in [0.717, 1.165) is 29.0 Å². The van der Waals surface area contributed by atoms with E-state index < -0.39 is 0 Å². The Kier molecular flexibility index (Phi) is 5.43. The van der Waals surface area contributed by atoms with Crippen molar-refractivity contribution in [2.45, 2.75) is 6.54 Å². The molecule has 0 radical (unpaired) electrons. The summed E-state index contributed by atoms with van der Waals surface area (Å²) in [5.41, 5.74) is 1.09. The topological polar surface area (TPSA) is 24.9 Å². The summed E-state index contributed by atoms with van der Waals surface area (Å²) < 4.78 is 1.03. The first kappa shape index (κ1) is 11.0. The van der Waals surface area contributed by atoms with Gasteiger partial charge in [-0.25, -0.2) is 0 Å². The molecule has 1 N–H and O–H groups in total. The summed E-state index contributed by atoms with van der Waals surface area (Å²) in [6.45, 7) is 1.90. The van der Waals surface area contributed by atoms with Gasteiger partial charge in [0.05, 0.1) is 5.69 Å². The molecule has 0 atom stereocenters. The monoisotopic (exact) mass is 260 g/mol. The second-order valence-corrected chi connectivity index (χ2v) is 4.54. The van der Waals surface area contributed by atoms with Gasteiger partial charge >= 0.3 is 0 Å². The number of hydrogen-bond acceptors (Lipinski definition) is 3. The van der Waals surface area contributed by atoms with E-state index in [9.17, 15) is 0 Å². The third-order valence-electron chi connectivity index (χ3n) is 1.58. The SMILES string of the molecule is CSCCNCc1ccc(Br)cn1. The molecule has 0 aromatic carbocycles. The Morgan fingerprint density at radius 1 is 1.54 bits per heavy atom. The quantitative estimate of drug-likeness (QED) is 0.823. The predicted octanol–water partition coefficient (Wildman–Crippen LogP) is 2.30. The van der Waals surface area contributed by atoms with Crippen molar-refractivity contribution in [2.24, 2.45) is 0 Å². The van der Waals surface area contributed by atoms with Crippen molar-refractivity contribution in [2.75, 3.05) is 18.6 Å². The van der Waals surface area contributed by atoms with Gasteiger partial charge in [0.2, 0.25) is 0 Å². The lowest BCUT2D eigenvalue weighted by Gasteiger charge is -2.02. The number of pyridine rings is 1. The number of aromatic nitrogens is 1. The number of thioether (sulfide) groups is 1. The lowest BCUT2D eigenvalue weighted by Crippen LogP contribution is -2.17. The van der Waals surface area contributed by atoms with Crippen LogP contribution in [0.1, 0.15) is 5.69 Å². The molecule has 1 aromatic rings. The van der Waals surface area contributed by atoms with Crippen LogP contribution in [0.25, 0.3) is 0 Å². The number of hydrogen-bond donors (Lipinski definition) is 1. The van der Waals surface area contributed by atoms with Gasteiger partial charge < -0.3 is 5.32 Å². The van der Waals surface area contributed by atoms with E-state index in [1.54, 1.807) is 0 Å². The second-order valence-electron chi connectivity index (χ2n) is 2.64. The average Bonchev–Trinajstić information content (AvgIpc) is 2.15. The van der Waals surface area contributed by atoms with Gasteiger partial charge in [-0.2, -0.15) is 11.8 Å². The van der Waals surface area contributed by atoms with Crippen LogP contribution in [0.15, 0.2) is 22.8 Å². The van der Waals surface area contributed by atoms with Crippen LogP contribution in [0, 0.1) is 0 Å². The zero-order valence-electron chi connectivity index (χ0n) is 7.59. The van der Waals surface area contributed by atoms with Crippen LogP contribution < -0.4 is 5.32 Å². The van der Waals surface area contributed by atoms with Crippen LogP contribution in [0.2, 0.25) is 0 Å². The number of nitrogens with one attached hydrogen (secondary N) is 1. The molecule has 1 aromatic heterocycles. The van der Waals surface area contributed by atoms with Crippen LogP contribution >= 0.6 is 27.7 Å². The van der Waals surface area contributed by atoms with Gasteiger partial charge in [-0.15, -0.1) is 0 Å². The Bertz CT molecular complexity index is 238. The van der Waals surface area contributed by atoms with Gasteiger partial charge in [0, 0.05) is 29.5 Å². The van der Waals surface area contributed by atoms with E-state index >= 15 is 0 Å². The Hall–Kier alpha value is -0.0600. The molecule has 0 aliphatic heterocycles. The second kappa shape index (κ2) is 6.40. The highest BCUT2D eigenvalue weighted by molar-refractivity contribution is 9.10. The summed E-state index contributed by atoms with van der Waals surface area (Å²) >= 11 is 5.20. The largest absolute Gasteiger partial charge is 0.310 e. The highest BCUT2D eigenvalue weighted by Crippen LogP contribution is 2.06. The maximum Gasteiger partial charge on any atom is 0.0542 e. The zero-order valence-corrected chi connectivity index (χ0v) is 9.99. The summed E-state index contributed by atoms with van der Waals surface area (Å²) in [6, 6.07) is 4.04. The maximum absolute atomic E-state index is 4.26. The first-order valence-electron chi connectivity index (χ1n) is 4.13. The molecule has 1 rings (SSSR count). The lowest BCUT2D eigenvalue weighted by atomic mass is 10.3. The Labute approximate surface area is 91.7 Å². The molecule has 0 spiro atoms. The number of rotatable bonds is 5. The van der Waals surface area contributed by atoms with Crippen molar-refractivity contribution < 1.29 is 0 Å². The predicted molar refractivity (Wildman–Crippen MR) is 62.0 cm³/mol. The van der Waals surface area contributed by atoms with Crippen LogP contribution in [0.5, 0.6) is 0 Å². The van der Waals surface area contributed by atoms with Crippen molar-refractivity contribution >= 4 is 27.7 Å². The molecule has 4 heteroatoms. The summed E-state index contributed by atoms with van der Waals surface area (Å²) in [5, 5.41) is 3.32. The Morgan fingerprint density at radius 2 is 2.38 bits per heavy atom. The molecule has 0 amide bonds. The van der Waals surface area contributed by atoms with Gasteiger partial charge in [-0.3, -0.25) is 4.98 Å². The maximum atomic E-state index is 4.26. The molecule has 0 saturated heterocycles. The van der Waals surface area contributed by atoms with E-state index in [2.05, 4.69) is 32.5 Å². The van der Waals surface area contributed by atoms with Gasteiger partial charge in [-0.05, 0) is 34.3 Å². The van der Waals surface area contributed by atoms with E-state index in [1.165, 1.54) is 0 Å². The Balaban J connectivity index is 2.25. The zero-order chi connectivity index (χ0) is 9.52. The van der Waals surface area contributed by atoms with Crippen LogP contribution in [-0.2, 0) is 6.54 Å². The summed E-state index contributed by atoms with van der Waals surface area (Å²) in [7, 11) is 0. The van der Waals surface area contributed by atoms with E-state index in [1.807, 2.05) is 30.1 Å². The van der Waals surface area contributed by atoms with E-state index in [0.29, 0.717) is 0 Å². The first-order valence-corrected chi connectivity index (χ1v) is 6.31. The molecule has 13 heavy (non-hydrogen) atoms. The van der Waals surface area contributed by atoms with Crippen molar-refractivity contribution in [1.29, 1.82) is 0 Å². The molecular formula is C9H13BrN2S. The molecule has 0 saturated carbocycles. The van der Waals surface area contributed by atoms with E-state index in [4.69, 9.17) is 0 Å². The van der Waals surface area contributed by atoms with Gasteiger partial charge in [0.15, 0.2) is 0 Å². The van der Waals surface area contributed by atoms with Crippen LogP contribution in [-0.4, -0.2) is 23.5 Å². The number of halogens is 1. The first-order chi connectivity index (χ1) is 6.33. The molecule has 0 aliphatic rings. The fraction of sp³-hybridized carbons (Fsp3) is 0.444. The minimum Gasteiger partial charge on any atom is -0.310 e. The molecule has 0 unspecified atom stereocenters. The smallest absolute Gasteiger partial charge is 0.0542 e. The summed E-state index contributed by atoms with van der Waals surface area (Å²) in [4.78, 5) is 4.26. The van der Waals surface area contributed by atoms with Crippen LogP contribution in [0.4, 0.5) is 0 Å². The molecule has 0 aliphatic carbocycles. The number of nitrogens with zero attached hydrogens (tertiary/aromatic N) is 1. The van der Waals surface area contributed by atoms with Gasteiger partial charge in [0.1, 0.15) is 0 Å². The molecular weight excluding hydrogens is 248 g/mol. The lowest BCUT2D eigenvalue weighted by molar-refractivity contribution is 0.715. The molecule has 72 valence electrons. The van der Waals surface area contributed by atoms with Gasteiger partial charge in [-0.1, -0.05) is 0 Å². The highest BCUT2D eigenvalue weighted by atomic mass is 79.9. The minimum absolute atomic E-state index is 0.855. The Morgan fingerprint density at radius 3 is 3.00 bits per heavy atom. The average molecular weight is 261 g/mol. The fourth-order valence-corrected chi connectivity index (χ4v) is 1.48. The minimum atomic E-state index is 0.855. The summed E-state index contributed by atoms with van der Waals surface area (Å²) in [5.74, 6) is 1.15. The third kappa shape index (κ3) is 4.64.